The van der Waals surface area contributed by atoms with Crippen LogP contribution in [-0.4, -0.2) is 16.5 Å². The molecule has 0 saturated carbocycles. The van der Waals surface area contributed by atoms with Crippen LogP contribution in [-0.2, 0) is 17.8 Å². The first-order valence-electron chi connectivity index (χ1n) is 4.13. The normalized spacial score (nSPS) is 9.92. The average molecular weight is 180 g/mol. The molecule has 0 atom stereocenters. The van der Waals surface area contributed by atoms with Crippen molar-refractivity contribution < 1.29 is 15.0 Å². The molecule has 2 N–H and O–H groups in total. The van der Waals surface area contributed by atoms with E-state index >= 15 is 0 Å². The van der Waals surface area contributed by atoms with Crippen molar-refractivity contribution in [3.8, 4) is 5.75 Å². The third-order valence-corrected chi connectivity index (χ3v) is 1.87. The van der Waals surface area contributed by atoms with E-state index in [2.05, 4.69) is 0 Å². The van der Waals surface area contributed by atoms with Crippen LogP contribution >= 0.6 is 0 Å². The van der Waals surface area contributed by atoms with Gasteiger partial charge in [0.05, 0.1) is 6.61 Å². The largest absolute Gasteiger partial charge is 0.508 e. The zero-order valence-electron chi connectivity index (χ0n) is 7.23. The number of aliphatic hydroxyl groups is 1. The molecular weight excluding hydrogens is 168 g/mol. The van der Waals surface area contributed by atoms with Crippen LogP contribution in [0.4, 0.5) is 0 Å². The number of carbonyl (C=O) groups excluding carboxylic acids is 1. The first kappa shape index (κ1) is 9.74. The molecule has 0 spiro atoms. The highest BCUT2D eigenvalue weighted by Gasteiger charge is 2.00. The fraction of sp³-hybridized carbons (Fsp3) is 0.300. The van der Waals surface area contributed by atoms with Crippen LogP contribution in [0.3, 0.4) is 0 Å². The first-order valence-corrected chi connectivity index (χ1v) is 4.13. The fourth-order valence-electron chi connectivity index (χ4n) is 1.12. The molecular formula is C10H12O3. The van der Waals surface area contributed by atoms with Crippen molar-refractivity contribution in [2.75, 3.05) is 0 Å². The van der Waals surface area contributed by atoms with Crippen molar-refractivity contribution in [2.24, 2.45) is 0 Å². The van der Waals surface area contributed by atoms with Gasteiger partial charge in [-0.3, -0.25) is 0 Å². The summed E-state index contributed by atoms with van der Waals surface area (Å²) in [4.78, 5) is 10.1. The van der Waals surface area contributed by atoms with Crippen LogP contribution in [0.2, 0.25) is 0 Å². The van der Waals surface area contributed by atoms with E-state index in [0.717, 1.165) is 11.8 Å². The molecule has 3 heteroatoms. The maximum atomic E-state index is 10.1. The van der Waals surface area contributed by atoms with Crippen LogP contribution in [0.25, 0.3) is 0 Å². The summed E-state index contributed by atoms with van der Waals surface area (Å²) in [5, 5.41) is 18.1. The van der Waals surface area contributed by atoms with E-state index in [4.69, 9.17) is 5.11 Å². The van der Waals surface area contributed by atoms with E-state index in [0.29, 0.717) is 18.4 Å². The number of aromatic hydroxyl groups is 1. The lowest BCUT2D eigenvalue weighted by Gasteiger charge is -2.03. The maximum Gasteiger partial charge on any atom is 0.121 e. The van der Waals surface area contributed by atoms with E-state index in [1.807, 2.05) is 0 Å². The molecule has 13 heavy (non-hydrogen) atoms. The molecule has 0 bridgehead atoms. The third-order valence-electron chi connectivity index (χ3n) is 1.87. The topological polar surface area (TPSA) is 57.5 Å². The van der Waals surface area contributed by atoms with Gasteiger partial charge >= 0.3 is 0 Å². The molecule has 0 aliphatic carbocycles. The smallest absolute Gasteiger partial charge is 0.121 e. The minimum Gasteiger partial charge on any atom is -0.508 e. The second kappa shape index (κ2) is 4.62. The summed E-state index contributed by atoms with van der Waals surface area (Å²) in [6, 6.07) is 5.04. The Morgan fingerprint density at radius 2 is 2.15 bits per heavy atom. The maximum absolute atomic E-state index is 10.1. The second-order valence-electron chi connectivity index (χ2n) is 2.83. The van der Waals surface area contributed by atoms with Crippen LogP contribution in [0, 0.1) is 0 Å². The van der Waals surface area contributed by atoms with Gasteiger partial charge in [-0.1, -0.05) is 12.1 Å². The summed E-state index contributed by atoms with van der Waals surface area (Å²) in [6.45, 7) is -0.167. The van der Waals surface area contributed by atoms with Gasteiger partial charge in [-0.25, -0.2) is 0 Å². The average Bonchev–Trinajstić information content (AvgIpc) is 2.15. The highest BCUT2D eigenvalue weighted by Crippen LogP contribution is 2.19. The van der Waals surface area contributed by atoms with Gasteiger partial charge in [0.15, 0.2) is 0 Å². The Kier molecular flexibility index (Phi) is 3.46. The quantitative estimate of drug-likeness (QED) is 0.680. The summed E-state index contributed by atoms with van der Waals surface area (Å²) in [6.07, 6.45) is 1.93. The van der Waals surface area contributed by atoms with Gasteiger partial charge in [0, 0.05) is 12.0 Å². The Morgan fingerprint density at radius 3 is 2.69 bits per heavy atom. The van der Waals surface area contributed by atoms with Crippen LogP contribution in [0.5, 0.6) is 5.75 Å². The summed E-state index contributed by atoms with van der Waals surface area (Å²) in [5.41, 5.74) is 1.41. The van der Waals surface area contributed by atoms with Crippen LogP contribution in [0.15, 0.2) is 18.2 Å². The zero-order valence-corrected chi connectivity index (χ0v) is 7.23. The monoisotopic (exact) mass is 180 g/mol. The number of benzene rings is 1. The van der Waals surface area contributed by atoms with Crippen molar-refractivity contribution in [2.45, 2.75) is 19.4 Å². The molecule has 0 unspecified atom stereocenters. The molecule has 70 valence electrons. The van der Waals surface area contributed by atoms with Gasteiger partial charge in [0.1, 0.15) is 12.0 Å². The lowest BCUT2D eigenvalue weighted by Crippen LogP contribution is -1.89. The van der Waals surface area contributed by atoms with Gasteiger partial charge < -0.3 is 15.0 Å². The number of phenols is 1. The van der Waals surface area contributed by atoms with E-state index < -0.39 is 0 Å². The second-order valence-corrected chi connectivity index (χ2v) is 2.83. The van der Waals surface area contributed by atoms with Crippen LogP contribution < -0.4 is 0 Å². The van der Waals surface area contributed by atoms with E-state index in [9.17, 15) is 9.90 Å². The molecule has 0 heterocycles. The molecule has 0 saturated heterocycles. The summed E-state index contributed by atoms with van der Waals surface area (Å²) >= 11 is 0. The number of rotatable bonds is 4. The van der Waals surface area contributed by atoms with Gasteiger partial charge in [-0.2, -0.15) is 0 Å². The Morgan fingerprint density at radius 1 is 1.38 bits per heavy atom. The number of hydrogen-bond donors (Lipinski definition) is 2. The van der Waals surface area contributed by atoms with Gasteiger partial charge in [-0.15, -0.1) is 0 Å². The molecule has 0 aliphatic heterocycles. The highest BCUT2D eigenvalue weighted by atomic mass is 16.3. The third kappa shape index (κ3) is 2.56. The first-order chi connectivity index (χ1) is 6.27. The van der Waals surface area contributed by atoms with E-state index in [1.54, 1.807) is 18.2 Å². The number of hydrogen-bond acceptors (Lipinski definition) is 3. The molecule has 0 radical (unpaired) electrons. The molecule has 1 aromatic rings. The number of carbonyl (C=O) groups is 1. The van der Waals surface area contributed by atoms with E-state index in [-0.39, 0.29) is 12.4 Å². The van der Waals surface area contributed by atoms with Crippen molar-refractivity contribution >= 4 is 6.29 Å². The summed E-state index contributed by atoms with van der Waals surface area (Å²) in [7, 11) is 0. The molecule has 0 fully saturated rings. The molecule has 1 aromatic carbocycles. The minimum atomic E-state index is -0.167. The Balaban J connectivity index is 2.76. The van der Waals surface area contributed by atoms with Crippen molar-refractivity contribution in [3.05, 3.63) is 29.3 Å². The predicted octanol–water partition coefficient (Wildman–Crippen LogP) is 1.02. The zero-order chi connectivity index (χ0) is 9.68. The molecule has 0 amide bonds. The molecule has 3 nitrogen and oxygen atoms in total. The van der Waals surface area contributed by atoms with Gasteiger partial charge in [0.2, 0.25) is 0 Å². The number of aryl methyl sites for hydroxylation is 1. The van der Waals surface area contributed by atoms with Crippen molar-refractivity contribution in [1.82, 2.24) is 0 Å². The number of aliphatic hydroxyl groups excluding tert-OH is 1. The van der Waals surface area contributed by atoms with Crippen LogP contribution in [0.1, 0.15) is 17.5 Å². The molecule has 1 rings (SSSR count). The SMILES string of the molecule is O=CCCc1ccc(CO)c(O)c1. The Labute approximate surface area is 76.6 Å². The lowest BCUT2D eigenvalue weighted by molar-refractivity contribution is -0.107. The molecule has 0 aromatic heterocycles. The Hall–Kier alpha value is -1.35. The molecule has 0 aliphatic rings. The van der Waals surface area contributed by atoms with Crippen molar-refractivity contribution in [1.29, 1.82) is 0 Å². The van der Waals surface area contributed by atoms with E-state index in [1.165, 1.54) is 0 Å². The van der Waals surface area contributed by atoms with Crippen molar-refractivity contribution in [3.63, 3.8) is 0 Å². The lowest BCUT2D eigenvalue weighted by atomic mass is 10.1. The Bertz CT molecular complexity index is 294. The predicted molar refractivity (Wildman–Crippen MR) is 48.4 cm³/mol. The standard InChI is InChI=1S/C10H12O3/c11-5-1-2-8-3-4-9(7-12)10(13)6-8/h3-6,12-13H,1-2,7H2. The van der Waals surface area contributed by atoms with Gasteiger partial charge in [0.25, 0.3) is 0 Å². The fourth-order valence-corrected chi connectivity index (χ4v) is 1.12. The van der Waals surface area contributed by atoms with Gasteiger partial charge in [-0.05, 0) is 18.1 Å². The highest BCUT2D eigenvalue weighted by molar-refractivity contribution is 5.50. The summed E-state index contributed by atoms with van der Waals surface area (Å²) < 4.78 is 0. The minimum absolute atomic E-state index is 0.0888. The summed E-state index contributed by atoms with van der Waals surface area (Å²) in [5.74, 6) is 0.0888. The number of aldehydes is 1.